The number of hydrogen-bond donors (Lipinski definition) is 6. The fourth-order valence-corrected chi connectivity index (χ4v) is 2.86. The molecule has 1 aromatic carbocycles. The van der Waals surface area contributed by atoms with Crippen molar-refractivity contribution < 1.29 is 35.5 Å². The van der Waals surface area contributed by atoms with Gasteiger partial charge in [0.15, 0.2) is 11.9 Å². The highest BCUT2D eigenvalue weighted by atomic mass is 35.5. The smallest absolute Gasteiger partial charge is 0.280 e. The van der Waals surface area contributed by atoms with Crippen LogP contribution >= 0.6 is 22.9 Å². The van der Waals surface area contributed by atoms with Gasteiger partial charge in [-0.05, 0) is 35.2 Å². The predicted molar refractivity (Wildman–Crippen MR) is 130 cm³/mol. The number of nitrogens with two attached hydrogens (primary N) is 4. The lowest BCUT2D eigenvalue weighted by atomic mass is 10.0. The number of guanidine groups is 2. The maximum Gasteiger partial charge on any atom is 0.280 e. The van der Waals surface area contributed by atoms with Crippen LogP contribution in [0.1, 0.15) is 20.7 Å². The second-order valence-electron chi connectivity index (χ2n) is 6.06. The molecule has 0 radical (unpaired) electrons. The van der Waals surface area contributed by atoms with Crippen LogP contribution in [0, 0.1) is 0 Å². The Labute approximate surface area is 203 Å². The summed E-state index contributed by atoms with van der Waals surface area (Å²) < 4.78 is 52.2. The first kappa shape index (κ1) is 30.9. The van der Waals surface area contributed by atoms with Crippen molar-refractivity contribution in [2.45, 2.75) is 0 Å². The Morgan fingerprint density at radius 2 is 1.21 bits per heavy atom. The number of rotatable bonds is 3. The molecular weight excluding hydrogens is 536 g/mol. The lowest BCUT2D eigenvalue weighted by Gasteiger charge is -2.06. The third-order valence-electron chi connectivity index (χ3n) is 2.82. The number of halogens is 1. The first-order chi connectivity index (χ1) is 15.3. The van der Waals surface area contributed by atoms with Gasteiger partial charge in [-0.1, -0.05) is 11.6 Å². The van der Waals surface area contributed by atoms with Gasteiger partial charge in [-0.25, -0.2) is 0 Å². The minimum absolute atomic E-state index is 0.0947. The molecule has 2 rings (SSSR count). The number of nitrogens with zero attached hydrogens (tertiary/aromatic N) is 2. The van der Waals surface area contributed by atoms with E-state index in [0.29, 0.717) is 28.0 Å². The highest BCUT2D eigenvalue weighted by Gasteiger charge is 2.15. The van der Waals surface area contributed by atoms with Gasteiger partial charge in [0.1, 0.15) is 4.34 Å². The molecule has 0 aliphatic heterocycles. The van der Waals surface area contributed by atoms with Gasteiger partial charge in [0.2, 0.25) is 0 Å². The average Bonchev–Trinajstić information content (AvgIpc) is 3.03. The molecule has 2 aromatic rings. The van der Waals surface area contributed by atoms with Crippen LogP contribution in [0.5, 0.6) is 0 Å². The van der Waals surface area contributed by atoms with E-state index in [4.69, 9.17) is 43.6 Å². The topological polar surface area (TPSA) is 272 Å². The second kappa shape index (κ2) is 13.0. The van der Waals surface area contributed by atoms with Crippen molar-refractivity contribution in [2.24, 2.45) is 32.9 Å². The van der Waals surface area contributed by atoms with Gasteiger partial charge >= 0.3 is 0 Å². The highest BCUT2D eigenvalue weighted by molar-refractivity contribution is 7.85. The Hall–Kier alpha value is -3.09. The van der Waals surface area contributed by atoms with E-state index in [0.717, 1.165) is 0 Å². The van der Waals surface area contributed by atoms with E-state index in [9.17, 15) is 26.4 Å². The van der Waals surface area contributed by atoms with E-state index >= 15 is 0 Å². The first-order valence-electron chi connectivity index (χ1n) is 8.29. The van der Waals surface area contributed by atoms with Crippen molar-refractivity contribution >= 4 is 66.9 Å². The molecule has 0 bridgehead atoms. The fourth-order valence-electron chi connectivity index (χ4n) is 1.89. The summed E-state index contributed by atoms with van der Waals surface area (Å²) in [5.41, 5.74) is 22.2. The summed E-state index contributed by atoms with van der Waals surface area (Å²) in [6.45, 7) is 0. The Balaban J connectivity index is 0.000000916. The van der Waals surface area contributed by atoms with Crippen LogP contribution in [0.3, 0.4) is 0 Å². The normalized spacial score (nSPS) is 10.5. The van der Waals surface area contributed by atoms with Crippen molar-refractivity contribution in [1.82, 2.24) is 0 Å². The molecule has 0 saturated carbocycles. The minimum atomic E-state index is -3.67. The summed E-state index contributed by atoms with van der Waals surface area (Å²) >= 11 is 7.43. The number of benzene rings is 1. The van der Waals surface area contributed by atoms with Gasteiger partial charge in [0, 0.05) is 16.7 Å². The van der Waals surface area contributed by atoms with E-state index in [2.05, 4.69) is 9.98 Å². The standard InChI is InChI=1S/C14H13ClN6O2S.2CH4O3S/c15-10-9(1-2-24-10)6-3-7(11(22)20-13(16)17)5-8(4-6)12(23)21-14(18)19;2*1-5(2,3)4/h1-5H,(H4,16,17,20,22)(H4,18,19,21,23);2*1H3,(H,2,3,4). The average molecular weight is 557 g/mol. The van der Waals surface area contributed by atoms with Crippen LogP contribution in [-0.4, -0.2) is 62.2 Å². The third-order valence-corrected chi connectivity index (χ3v) is 3.99. The van der Waals surface area contributed by atoms with Crippen molar-refractivity contribution in [2.75, 3.05) is 12.5 Å². The zero-order valence-electron chi connectivity index (χ0n) is 17.5. The van der Waals surface area contributed by atoms with Crippen LogP contribution in [-0.2, 0) is 20.2 Å². The molecule has 1 aromatic heterocycles. The van der Waals surface area contributed by atoms with E-state index < -0.39 is 44.0 Å². The van der Waals surface area contributed by atoms with E-state index in [1.54, 1.807) is 11.4 Å². The first-order valence-corrected chi connectivity index (χ1v) is 13.2. The monoisotopic (exact) mass is 556 g/mol. The second-order valence-corrected chi connectivity index (χ2v) is 10.5. The number of carbonyl (C=O) groups excluding carboxylic acids is 2. The number of amides is 2. The van der Waals surface area contributed by atoms with E-state index in [-0.39, 0.29) is 11.1 Å². The molecule has 0 atom stereocenters. The van der Waals surface area contributed by atoms with Crippen LogP contribution in [0.25, 0.3) is 11.1 Å². The summed E-state index contributed by atoms with van der Waals surface area (Å²) in [4.78, 5) is 31.1. The Morgan fingerprint density at radius 3 is 1.47 bits per heavy atom. The van der Waals surface area contributed by atoms with Crippen LogP contribution in [0.2, 0.25) is 4.34 Å². The third kappa shape index (κ3) is 14.9. The number of carbonyl (C=O) groups is 2. The molecule has 0 aliphatic rings. The van der Waals surface area contributed by atoms with Gasteiger partial charge in [-0.2, -0.15) is 26.8 Å². The molecule has 0 spiro atoms. The summed E-state index contributed by atoms with van der Waals surface area (Å²) in [7, 11) is -7.33. The molecule has 14 nitrogen and oxygen atoms in total. The highest BCUT2D eigenvalue weighted by Crippen LogP contribution is 2.33. The summed E-state index contributed by atoms with van der Waals surface area (Å²) in [5.74, 6) is -2.20. The molecule has 0 saturated heterocycles. The van der Waals surface area contributed by atoms with Crippen molar-refractivity contribution in [3.8, 4) is 11.1 Å². The summed E-state index contributed by atoms with van der Waals surface area (Å²) in [6.07, 6.45) is 1.43. The number of hydrogen-bond acceptors (Lipinski definition) is 7. The number of thiophene rings is 1. The molecule has 188 valence electrons. The maximum absolute atomic E-state index is 12.1. The molecule has 0 unspecified atom stereocenters. The minimum Gasteiger partial charge on any atom is -0.370 e. The molecule has 10 N–H and O–H groups in total. The zero-order valence-corrected chi connectivity index (χ0v) is 20.7. The molecule has 2 amide bonds. The molecule has 0 aliphatic carbocycles. The predicted octanol–water partition coefficient (Wildman–Crippen LogP) is -0.0963. The SMILES string of the molecule is CS(=O)(=O)O.CS(=O)(=O)O.NC(N)=NC(=O)c1cc(C(=O)N=C(N)N)cc(-c2ccsc2Cl)c1. The molecule has 18 heteroatoms. The van der Waals surface area contributed by atoms with Gasteiger partial charge in [-0.15, -0.1) is 11.3 Å². The lowest BCUT2D eigenvalue weighted by Crippen LogP contribution is -2.24. The Bertz CT molecular complexity index is 1220. The van der Waals surface area contributed by atoms with E-state index in [1.807, 2.05) is 0 Å². The van der Waals surface area contributed by atoms with Crippen molar-refractivity contribution in [3.05, 3.63) is 45.1 Å². The Morgan fingerprint density at radius 1 is 0.853 bits per heavy atom. The lowest BCUT2D eigenvalue weighted by molar-refractivity contribution is 0.100. The summed E-state index contributed by atoms with van der Waals surface area (Å²) in [5, 5.41) is 1.78. The fraction of sp³-hybridized carbons (Fsp3) is 0.125. The van der Waals surface area contributed by atoms with Gasteiger partial charge < -0.3 is 22.9 Å². The van der Waals surface area contributed by atoms with Gasteiger partial charge in [0.25, 0.3) is 32.1 Å². The van der Waals surface area contributed by atoms with Gasteiger partial charge in [-0.3, -0.25) is 18.7 Å². The largest absolute Gasteiger partial charge is 0.370 e. The van der Waals surface area contributed by atoms with E-state index in [1.165, 1.54) is 29.5 Å². The summed E-state index contributed by atoms with van der Waals surface area (Å²) in [6, 6.07) is 6.10. The van der Waals surface area contributed by atoms with Crippen LogP contribution in [0.4, 0.5) is 0 Å². The van der Waals surface area contributed by atoms with Gasteiger partial charge in [0.05, 0.1) is 12.5 Å². The molecule has 0 fully saturated rings. The van der Waals surface area contributed by atoms with Crippen LogP contribution < -0.4 is 22.9 Å². The number of aliphatic imine (C=N–C) groups is 2. The van der Waals surface area contributed by atoms with Crippen molar-refractivity contribution in [1.29, 1.82) is 0 Å². The van der Waals surface area contributed by atoms with Crippen LogP contribution in [0.15, 0.2) is 39.6 Å². The maximum atomic E-state index is 12.1. The van der Waals surface area contributed by atoms with Crippen molar-refractivity contribution in [3.63, 3.8) is 0 Å². The molecule has 34 heavy (non-hydrogen) atoms. The quantitative estimate of drug-likeness (QED) is 0.164. The Kier molecular flexibility index (Phi) is 11.8. The zero-order chi connectivity index (χ0) is 26.9. The molecular formula is C16H21ClN6O8S3. The molecule has 1 heterocycles.